The lowest BCUT2D eigenvalue weighted by molar-refractivity contribution is -0.129. The molecule has 1 fully saturated rings. The van der Waals surface area contributed by atoms with E-state index in [9.17, 15) is 9.59 Å². The fraction of sp³-hybridized carbons (Fsp3) is 0.385. The lowest BCUT2D eigenvalue weighted by Gasteiger charge is -2.15. The van der Waals surface area contributed by atoms with Crippen LogP contribution in [0, 0.1) is 0 Å². The first-order chi connectivity index (χ1) is 9.08. The van der Waals surface area contributed by atoms with Crippen molar-refractivity contribution in [2.45, 2.75) is 25.4 Å². The number of anilines is 1. The third-order valence-electron chi connectivity index (χ3n) is 2.94. The molecule has 3 N–H and O–H groups in total. The van der Waals surface area contributed by atoms with Gasteiger partial charge in [-0.15, -0.1) is 0 Å². The number of nitrogens with two attached hydrogens (primary N) is 1. The molecule has 1 aliphatic rings. The molecule has 1 unspecified atom stereocenters. The Labute approximate surface area is 119 Å². The number of nitrogens with one attached hydrogen (secondary N) is 1. The van der Waals surface area contributed by atoms with Gasteiger partial charge in [-0.1, -0.05) is 0 Å². The van der Waals surface area contributed by atoms with E-state index in [4.69, 9.17) is 10.5 Å². The molecule has 5 nitrogen and oxygen atoms in total. The van der Waals surface area contributed by atoms with Crippen molar-refractivity contribution in [1.82, 2.24) is 5.32 Å². The average molecular weight is 327 g/mol. The van der Waals surface area contributed by atoms with E-state index in [1.807, 2.05) is 0 Å². The number of carbonyl (C=O) groups is 2. The summed E-state index contributed by atoms with van der Waals surface area (Å²) in [5.74, 6) is -0.771. The summed E-state index contributed by atoms with van der Waals surface area (Å²) in [7, 11) is 0. The monoisotopic (exact) mass is 326 g/mol. The highest BCUT2D eigenvalue weighted by Crippen LogP contribution is 2.21. The van der Waals surface area contributed by atoms with Crippen molar-refractivity contribution in [2.75, 3.05) is 12.3 Å². The van der Waals surface area contributed by atoms with Crippen LogP contribution in [0.25, 0.3) is 0 Å². The van der Waals surface area contributed by atoms with Crippen molar-refractivity contribution >= 4 is 33.5 Å². The van der Waals surface area contributed by atoms with Crippen molar-refractivity contribution < 1.29 is 14.3 Å². The van der Waals surface area contributed by atoms with E-state index in [0.717, 1.165) is 12.8 Å². The molecule has 2 rings (SSSR count). The van der Waals surface area contributed by atoms with Crippen LogP contribution in [-0.4, -0.2) is 24.5 Å². The van der Waals surface area contributed by atoms with E-state index < -0.39 is 12.1 Å². The highest BCUT2D eigenvalue weighted by atomic mass is 79.9. The van der Waals surface area contributed by atoms with Crippen LogP contribution in [0.2, 0.25) is 0 Å². The van der Waals surface area contributed by atoms with E-state index in [-0.39, 0.29) is 5.91 Å². The summed E-state index contributed by atoms with van der Waals surface area (Å²) >= 11 is 3.27. The molecular weight excluding hydrogens is 312 g/mol. The molecule has 0 spiro atoms. The summed E-state index contributed by atoms with van der Waals surface area (Å²) in [6.45, 7) is 0.634. The Morgan fingerprint density at radius 3 is 3.00 bits per heavy atom. The first kappa shape index (κ1) is 13.9. The zero-order valence-corrected chi connectivity index (χ0v) is 11.9. The largest absolute Gasteiger partial charge is 0.449 e. The number of halogens is 1. The number of ether oxygens (including phenoxy) is 1. The Kier molecular flexibility index (Phi) is 4.42. The van der Waals surface area contributed by atoms with Gasteiger partial charge in [0.15, 0.2) is 6.10 Å². The van der Waals surface area contributed by atoms with Crippen molar-refractivity contribution in [3.05, 3.63) is 28.2 Å². The fourth-order valence-electron chi connectivity index (χ4n) is 1.92. The van der Waals surface area contributed by atoms with Crippen LogP contribution in [0.15, 0.2) is 22.7 Å². The molecule has 1 amide bonds. The van der Waals surface area contributed by atoms with Crippen LogP contribution in [0.1, 0.15) is 29.6 Å². The number of rotatable bonds is 2. The molecule has 0 saturated carbocycles. The molecule has 1 saturated heterocycles. The SMILES string of the molecule is Nc1ccc(Br)c(C(=O)OC2CCCCNC2=O)c1. The highest BCUT2D eigenvalue weighted by molar-refractivity contribution is 9.10. The summed E-state index contributed by atoms with van der Waals surface area (Å²) in [5.41, 5.74) is 6.45. The van der Waals surface area contributed by atoms with Crippen molar-refractivity contribution in [3.8, 4) is 0 Å². The van der Waals surface area contributed by atoms with Gasteiger partial charge < -0.3 is 15.8 Å². The molecule has 102 valence electrons. The number of hydrogen-bond donors (Lipinski definition) is 2. The van der Waals surface area contributed by atoms with Gasteiger partial charge in [0.2, 0.25) is 0 Å². The lowest BCUT2D eigenvalue weighted by atomic mass is 10.1. The number of esters is 1. The van der Waals surface area contributed by atoms with E-state index in [2.05, 4.69) is 21.2 Å². The van der Waals surface area contributed by atoms with E-state index in [1.165, 1.54) is 6.07 Å². The van der Waals surface area contributed by atoms with Gasteiger partial charge in [0.25, 0.3) is 5.91 Å². The van der Waals surface area contributed by atoms with Gasteiger partial charge in [0, 0.05) is 16.7 Å². The van der Waals surface area contributed by atoms with Crippen molar-refractivity contribution in [1.29, 1.82) is 0 Å². The molecule has 0 aromatic heterocycles. The summed E-state index contributed by atoms with van der Waals surface area (Å²) < 4.78 is 5.87. The third-order valence-corrected chi connectivity index (χ3v) is 3.64. The minimum absolute atomic E-state index is 0.231. The van der Waals surface area contributed by atoms with Gasteiger partial charge >= 0.3 is 5.97 Å². The number of nitrogen functional groups attached to an aromatic ring is 1. The molecule has 1 aromatic carbocycles. The summed E-state index contributed by atoms with van der Waals surface area (Å²) in [4.78, 5) is 23.8. The number of hydrogen-bond acceptors (Lipinski definition) is 4. The van der Waals surface area contributed by atoms with Crippen LogP contribution >= 0.6 is 15.9 Å². The van der Waals surface area contributed by atoms with E-state index in [1.54, 1.807) is 12.1 Å². The average Bonchev–Trinajstić information content (AvgIpc) is 2.58. The maximum atomic E-state index is 12.1. The number of benzene rings is 1. The van der Waals surface area contributed by atoms with Crippen LogP contribution in [0.4, 0.5) is 5.69 Å². The van der Waals surface area contributed by atoms with Gasteiger partial charge in [0.1, 0.15) is 0 Å². The van der Waals surface area contributed by atoms with Crippen molar-refractivity contribution in [3.63, 3.8) is 0 Å². The minimum atomic E-state index is -0.719. The summed E-state index contributed by atoms with van der Waals surface area (Å²) in [6.07, 6.45) is 1.59. The number of carbonyl (C=O) groups excluding carboxylic acids is 2. The summed E-state index contributed by atoms with van der Waals surface area (Å²) in [5, 5.41) is 2.72. The van der Waals surface area contributed by atoms with Crippen LogP contribution in [-0.2, 0) is 9.53 Å². The van der Waals surface area contributed by atoms with E-state index >= 15 is 0 Å². The molecule has 1 aliphatic heterocycles. The van der Waals surface area contributed by atoms with E-state index in [0.29, 0.717) is 28.7 Å². The number of amides is 1. The quantitative estimate of drug-likeness (QED) is 0.642. The highest BCUT2D eigenvalue weighted by Gasteiger charge is 2.25. The molecule has 0 radical (unpaired) electrons. The maximum absolute atomic E-state index is 12.1. The standard InChI is InChI=1S/C13H15BrN2O3/c14-10-5-4-8(15)7-9(10)13(18)19-11-3-1-2-6-16-12(11)17/h4-5,7,11H,1-3,6,15H2,(H,16,17). The zero-order chi connectivity index (χ0) is 13.8. The van der Waals surface area contributed by atoms with Crippen molar-refractivity contribution in [2.24, 2.45) is 0 Å². The van der Waals surface area contributed by atoms with Gasteiger partial charge in [-0.3, -0.25) is 4.79 Å². The fourth-order valence-corrected chi connectivity index (χ4v) is 2.32. The van der Waals surface area contributed by atoms with Crippen LogP contribution < -0.4 is 11.1 Å². The second-order valence-electron chi connectivity index (χ2n) is 4.42. The van der Waals surface area contributed by atoms with Gasteiger partial charge in [0.05, 0.1) is 5.56 Å². The first-order valence-corrected chi connectivity index (χ1v) is 6.91. The Hall–Kier alpha value is -1.56. The van der Waals surface area contributed by atoms with Gasteiger partial charge in [-0.05, 0) is 53.4 Å². The molecule has 1 atom stereocenters. The molecule has 0 aliphatic carbocycles. The Bertz CT molecular complexity index is 505. The zero-order valence-electron chi connectivity index (χ0n) is 10.3. The van der Waals surface area contributed by atoms with Crippen LogP contribution in [0.5, 0.6) is 0 Å². The topological polar surface area (TPSA) is 81.4 Å². The molecule has 6 heteroatoms. The molecular formula is C13H15BrN2O3. The van der Waals surface area contributed by atoms with Gasteiger partial charge in [-0.25, -0.2) is 4.79 Å². The molecule has 1 aromatic rings. The third kappa shape index (κ3) is 3.47. The Morgan fingerprint density at radius 2 is 2.21 bits per heavy atom. The molecule has 19 heavy (non-hydrogen) atoms. The Morgan fingerprint density at radius 1 is 1.42 bits per heavy atom. The lowest BCUT2D eigenvalue weighted by Crippen LogP contribution is -2.36. The normalized spacial score (nSPS) is 19.4. The maximum Gasteiger partial charge on any atom is 0.340 e. The molecule has 0 bridgehead atoms. The second-order valence-corrected chi connectivity index (χ2v) is 5.27. The predicted molar refractivity (Wildman–Crippen MR) is 74.6 cm³/mol. The summed E-state index contributed by atoms with van der Waals surface area (Å²) in [6, 6.07) is 4.89. The first-order valence-electron chi connectivity index (χ1n) is 6.11. The van der Waals surface area contributed by atoms with Crippen LogP contribution in [0.3, 0.4) is 0 Å². The molecule has 1 heterocycles. The van der Waals surface area contributed by atoms with Gasteiger partial charge in [-0.2, -0.15) is 0 Å². The second kappa shape index (κ2) is 6.06. The predicted octanol–water partition coefficient (Wildman–Crippen LogP) is 1.86. The Balaban J connectivity index is 2.11. The minimum Gasteiger partial charge on any atom is -0.449 e. The smallest absolute Gasteiger partial charge is 0.340 e.